The number of azide groups is 1. The summed E-state index contributed by atoms with van der Waals surface area (Å²) in [6, 6.07) is 5.15. The molecule has 0 aliphatic carbocycles. The number of hydrogen-bond acceptors (Lipinski definition) is 9. The Labute approximate surface area is 216 Å². The molecule has 0 radical (unpaired) electrons. The number of benzene rings is 1. The molecule has 1 aromatic carbocycles. The second-order valence-corrected chi connectivity index (χ2v) is 10.3. The van der Waals surface area contributed by atoms with E-state index in [0.717, 1.165) is 11.1 Å². The van der Waals surface area contributed by atoms with Crippen molar-refractivity contribution in [2.45, 2.75) is 64.6 Å². The average molecular weight is 519 g/mol. The number of cyclic esters (lactones) is 1. The van der Waals surface area contributed by atoms with Gasteiger partial charge in [0.2, 0.25) is 6.79 Å². The van der Waals surface area contributed by atoms with Crippen LogP contribution >= 0.6 is 0 Å². The van der Waals surface area contributed by atoms with E-state index in [1.54, 1.807) is 31.4 Å². The van der Waals surface area contributed by atoms with E-state index in [1.165, 1.54) is 0 Å². The van der Waals surface area contributed by atoms with Crippen LogP contribution in [0.4, 0.5) is 0 Å². The Morgan fingerprint density at radius 3 is 2.82 bits per heavy atom. The summed E-state index contributed by atoms with van der Waals surface area (Å²) in [5.74, 6) is 0.420. The van der Waals surface area contributed by atoms with Crippen molar-refractivity contribution in [1.29, 1.82) is 0 Å². The van der Waals surface area contributed by atoms with Crippen LogP contribution in [-0.4, -0.2) is 33.1 Å². The molecule has 0 amide bonds. The van der Waals surface area contributed by atoms with Crippen molar-refractivity contribution in [3.8, 4) is 22.9 Å². The van der Waals surface area contributed by atoms with E-state index in [4.69, 9.17) is 24.7 Å². The first kappa shape index (κ1) is 24.2. The van der Waals surface area contributed by atoms with Crippen molar-refractivity contribution < 1.29 is 24.1 Å². The van der Waals surface area contributed by atoms with Gasteiger partial charge in [-0.15, -0.1) is 0 Å². The van der Waals surface area contributed by atoms with E-state index in [9.17, 15) is 14.7 Å². The maximum absolute atomic E-state index is 13.6. The van der Waals surface area contributed by atoms with E-state index in [-0.39, 0.29) is 49.1 Å². The lowest BCUT2D eigenvalue weighted by atomic mass is 9.86. The van der Waals surface area contributed by atoms with Crippen LogP contribution in [0.5, 0.6) is 11.5 Å². The number of carbonyl (C=O) groups excluding carboxylic acids is 1. The number of esters is 1. The first-order valence-electron chi connectivity index (χ1n) is 12.4. The summed E-state index contributed by atoms with van der Waals surface area (Å²) in [6.45, 7) is 7.18. The number of nitrogens with one attached hydrogen (secondary N) is 1. The van der Waals surface area contributed by atoms with E-state index >= 15 is 0 Å². The maximum atomic E-state index is 13.6. The molecule has 0 spiro atoms. The molecule has 5 heterocycles. The molecular formula is C26H26N6O6. The van der Waals surface area contributed by atoms with Gasteiger partial charge in [0.1, 0.15) is 18.1 Å². The summed E-state index contributed by atoms with van der Waals surface area (Å²) in [7, 11) is 0. The molecule has 12 nitrogen and oxygen atoms in total. The Bertz CT molecular complexity index is 1660. The lowest BCUT2D eigenvalue weighted by Crippen LogP contribution is -2.44. The van der Waals surface area contributed by atoms with E-state index in [2.05, 4.69) is 15.3 Å². The fourth-order valence-electron chi connectivity index (χ4n) is 5.66. The number of aliphatic hydroxyl groups is 1. The minimum atomic E-state index is -1.91. The summed E-state index contributed by atoms with van der Waals surface area (Å²) in [5.41, 5.74) is 9.51. The number of pyridine rings is 2. The zero-order chi connectivity index (χ0) is 27.0. The fourth-order valence-corrected chi connectivity index (χ4v) is 5.66. The van der Waals surface area contributed by atoms with Crippen molar-refractivity contribution in [2.75, 3.05) is 6.79 Å². The van der Waals surface area contributed by atoms with Crippen LogP contribution in [0.3, 0.4) is 0 Å². The molecule has 2 N–H and O–H groups in total. The number of nitrogens with zero attached hydrogens (tertiary/aromatic N) is 5. The van der Waals surface area contributed by atoms with Gasteiger partial charge in [-0.25, -0.2) is 9.78 Å². The summed E-state index contributed by atoms with van der Waals surface area (Å²) in [5, 5.41) is 19.0. The molecule has 12 heteroatoms. The van der Waals surface area contributed by atoms with Crippen LogP contribution in [-0.2, 0) is 28.3 Å². The average Bonchev–Trinajstić information content (AvgIpc) is 3.26. The van der Waals surface area contributed by atoms with Crippen LogP contribution in [0.2, 0.25) is 0 Å². The smallest absolute Gasteiger partial charge is 0.343 e. The van der Waals surface area contributed by atoms with Gasteiger partial charge in [0.25, 0.3) is 5.56 Å². The highest BCUT2D eigenvalue weighted by Crippen LogP contribution is 2.47. The van der Waals surface area contributed by atoms with Gasteiger partial charge >= 0.3 is 5.97 Å². The van der Waals surface area contributed by atoms with E-state index in [1.807, 2.05) is 19.1 Å². The third-order valence-corrected chi connectivity index (χ3v) is 7.53. The lowest BCUT2D eigenvalue weighted by molar-refractivity contribution is -0.172. The van der Waals surface area contributed by atoms with Gasteiger partial charge in [0.15, 0.2) is 5.60 Å². The van der Waals surface area contributed by atoms with Gasteiger partial charge < -0.3 is 23.9 Å². The van der Waals surface area contributed by atoms with Gasteiger partial charge in [-0.05, 0) is 50.4 Å². The fraction of sp³-hybridized carbons (Fsp3) is 0.423. The molecule has 2 atom stereocenters. The molecule has 0 fully saturated rings. The second kappa shape index (κ2) is 8.19. The quantitative estimate of drug-likeness (QED) is 0.176. The molecular weight excluding hydrogens is 492 g/mol. The molecule has 38 heavy (non-hydrogen) atoms. The van der Waals surface area contributed by atoms with Crippen LogP contribution < -0.4 is 20.3 Å². The highest BCUT2D eigenvalue weighted by Gasteiger charge is 2.45. The van der Waals surface area contributed by atoms with Crippen molar-refractivity contribution in [1.82, 2.24) is 14.9 Å². The highest BCUT2D eigenvalue weighted by molar-refractivity contribution is 5.98. The predicted molar refractivity (Wildman–Crippen MR) is 135 cm³/mol. The normalized spacial score (nSPS) is 19.9. The van der Waals surface area contributed by atoms with Crippen molar-refractivity contribution in [3.63, 3.8) is 0 Å². The molecule has 3 aromatic rings. The van der Waals surface area contributed by atoms with Crippen molar-refractivity contribution in [2.24, 2.45) is 5.11 Å². The van der Waals surface area contributed by atoms with Crippen LogP contribution in [0, 0.1) is 0 Å². The molecule has 0 saturated carbocycles. The number of fused-ring (bicyclic) bond motifs is 5. The summed E-state index contributed by atoms with van der Waals surface area (Å²) in [6.07, 6.45) is 0.0586. The van der Waals surface area contributed by atoms with E-state index < -0.39 is 17.2 Å². The lowest BCUT2D eigenvalue weighted by Gasteiger charge is -2.31. The Balaban J connectivity index is 1.60. The first-order valence-corrected chi connectivity index (χ1v) is 12.4. The number of hydrogen-bond donors (Lipinski definition) is 2. The molecule has 2 aromatic heterocycles. The summed E-state index contributed by atoms with van der Waals surface area (Å²) >= 11 is 0. The topological polar surface area (TPSA) is 161 Å². The Morgan fingerprint density at radius 2 is 2.08 bits per heavy atom. The molecule has 0 bridgehead atoms. The van der Waals surface area contributed by atoms with Crippen LogP contribution in [0.15, 0.2) is 28.1 Å². The van der Waals surface area contributed by atoms with Crippen LogP contribution in [0.25, 0.3) is 32.7 Å². The van der Waals surface area contributed by atoms with Gasteiger partial charge in [0, 0.05) is 22.1 Å². The summed E-state index contributed by atoms with van der Waals surface area (Å²) in [4.78, 5) is 34.0. The number of aromatic nitrogens is 2. The highest BCUT2D eigenvalue weighted by atomic mass is 16.7. The van der Waals surface area contributed by atoms with Gasteiger partial charge in [-0.2, -0.15) is 0 Å². The summed E-state index contributed by atoms with van der Waals surface area (Å²) < 4.78 is 18.5. The van der Waals surface area contributed by atoms with Gasteiger partial charge in [-0.3, -0.25) is 10.1 Å². The zero-order valence-electron chi connectivity index (χ0n) is 21.4. The molecule has 196 valence electrons. The SMILES string of the molecule is CC[C@@]1(O)C(=O)OCc2c1cc1n(c2=O)Cc2c-1nc1c([C@H](C)NC(C)(C)N=[N+]=[N-])ccc3c1c2OCO3. The van der Waals surface area contributed by atoms with Gasteiger partial charge in [0.05, 0.1) is 40.1 Å². The minimum absolute atomic E-state index is 0.00922. The zero-order valence-corrected chi connectivity index (χ0v) is 21.4. The second-order valence-electron chi connectivity index (χ2n) is 10.3. The first-order chi connectivity index (χ1) is 18.1. The minimum Gasteiger partial charge on any atom is -0.458 e. The van der Waals surface area contributed by atoms with Gasteiger partial charge in [-0.1, -0.05) is 18.1 Å². The maximum Gasteiger partial charge on any atom is 0.343 e. The van der Waals surface area contributed by atoms with Crippen molar-refractivity contribution >= 4 is 16.9 Å². The van der Waals surface area contributed by atoms with E-state index in [0.29, 0.717) is 33.8 Å². The molecule has 0 unspecified atom stereocenters. The Hall–Kier alpha value is -4.12. The third kappa shape index (κ3) is 3.31. The predicted octanol–water partition coefficient (Wildman–Crippen LogP) is 3.51. The third-order valence-electron chi connectivity index (χ3n) is 7.53. The molecule has 6 rings (SSSR count). The molecule has 3 aliphatic heterocycles. The molecule has 3 aliphatic rings. The monoisotopic (exact) mass is 518 g/mol. The van der Waals surface area contributed by atoms with Crippen molar-refractivity contribution in [3.05, 3.63) is 61.2 Å². The number of ether oxygens (including phenoxy) is 3. The van der Waals surface area contributed by atoms with Crippen LogP contribution in [0.1, 0.15) is 62.4 Å². The standard InChI is InChI=1S/C26H26N6O6/c1-5-26(35)16-8-17-20-14(9-32(17)23(33)15(16)10-36-24(26)34)22-19-18(37-11-38-22)7-6-13(21(19)28-20)12(2)29-25(3,4)30-31-27/h6-8,12,29,35H,5,9-11H2,1-4H3/t12-,26-/m0/s1. The Kier molecular flexibility index (Phi) is 5.22. The largest absolute Gasteiger partial charge is 0.458 e. The number of carbonyl (C=O) groups is 1. The number of rotatable bonds is 5. The molecule has 0 saturated heterocycles. The Morgan fingerprint density at radius 1 is 1.29 bits per heavy atom.